The molecule has 5 heteroatoms. The number of aromatic nitrogens is 3. The summed E-state index contributed by atoms with van der Waals surface area (Å²) in [6, 6.07) is 7.13. The first-order chi connectivity index (χ1) is 7.25. The van der Waals surface area contributed by atoms with Gasteiger partial charge in [0.2, 0.25) is 0 Å². The number of nitrogens with zero attached hydrogens (tertiary/aromatic N) is 3. The lowest BCUT2D eigenvalue weighted by Gasteiger charge is -2.01. The van der Waals surface area contributed by atoms with Crippen LogP contribution in [0.4, 0.5) is 0 Å². The van der Waals surface area contributed by atoms with E-state index in [1.807, 2.05) is 23.7 Å². The number of thioether (sulfide) groups is 1. The van der Waals surface area contributed by atoms with E-state index in [1.165, 1.54) is 0 Å². The molecule has 0 aliphatic rings. The lowest BCUT2D eigenvalue weighted by molar-refractivity contribution is 0.475. The molecule has 0 fully saturated rings. The Morgan fingerprint density at radius 2 is 2.07 bits per heavy atom. The second-order valence-corrected chi connectivity index (χ2v) is 4.19. The minimum absolute atomic E-state index is 0.290. The van der Waals surface area contributed by atoms with Gasteiger partial charge >= 0.3 is 0 Å². The van der Waals surface area contributed by atoms with E-state index >= 15 is 0 Å². The molecule has 4 nitrogen and oxygen atoms in total. The summed E-state index contributed by atoms with van der Waals surface area (Å²) in [4.78, 5) is 1.11. The van der Waals surface area contributed by atoms with Crippen molar-refractivity contribution in [3.63, 3.8) is 0 Å². The summed E-state index contributed by atoms with van der Waals surface area (Å²) in [6.45, 7) is 0. The van der Waals surface area contributed by atoms with E-state index in [-0.39, 0.29) is 5.75 Å². The minimum atomic E-state index is 0.290. The molecule has 1 heterocycles. The van der Waals surface area contributed by atoms with Crippen LogP contribution in [-0.2, 0) is 12.8 Å². The van der Waals surface area contributed by atoms with Crippen LogP contribution in [0.3, 0.4) is 0 Å². The number of hydrogen-bond donors (Lipinski definition) is 1. The van der Waals surface area contributed by atoms with Crippen LogP contribution in [0.2, 0.25) is 0 Å². The monoisotopic (exact) mass is 221 g/mol. The molecular weight excluding hydrogens is 210 g/mol. The van der Waals surface area contributed by atoms with Gasteiger partial charge in [-0.3, -0.25) is 0 Å². The van der Waals surface area contributed by atoms with E-state index in [1.54, 1.807) is 30.2 Å². The topological polar surface area (TPSA) is 50.9 Å². The van der Waals surface area contributed by atoms with Crippen molar-refractivity contribution in [2.24, 2.45) is 7.05 Å². The standard InChI is InChI=1S/C10H11N3OS/c1-13-7-11-12-10(13)6-15-9-4-2-8(14)3-5-9/h2-5,7,14H,6H2,1H3. The fraction of sp³-hybridized carbons (Fsp3) is 0.200. The molecule has 0 bridgehead atoms. The summed E-state index contributed by atoms with van der Waals surface area (Å²) in [5.74, 6) is 2.01. The van der Waals surface area contributed by atoms with Crippen LogP contribution in [0, 0.1) is 0 Å². The zero-order valence-electron chi connectivity index (χ0n) is 8.29. The zero-order valence-corrected chi connectivity index (χ0v) is 9.11. The maximum Gasteiger partial charge on any atom is 0.142 e. The van der Waals surface area contributed by atoms with Gasteiger partial charge in [0.05, 0.1) is 5.75 Å². The Labute approximate surface area is 92.0 Å². The van der Waals surface area contributed by atoms with Crippen molar-refractivity contribution in [3.05, 3.63) is 36.4 Å². The lowest BCUT2D eigenvalue weighted by atomic mass is 10.3. The molecule has 2 aromatic rings. The van der Waals surface area contributed by atoms with E-state index < -0.39 is 0 Å². The molecule has 0 amide bonds. The number of aromatic hydroxyl groups is 1. The smallest absolute Gasteiger partial charge is 0.142 e. The van der Waals surface area contributed by atoms with Crippen molar-refractivity contribution in [1.29, 1.82) is 0 Å². The molecule has 78 valence electrons. The zero-order chi connectivity index (χ0) is 10.7. The number of benzene rings is 1. The number of phenols is 1. The molecule has 15 heavy (non-hydrogen) atoms. The first-order valence-electron chi connectivity index (χ1n) is 4.50. The van der Waals surface area contributed by atoms with Crippen LogP contribution < -0.4 is 0 Å². The summed E-state index contributed by atoms with van der Waals surface area (Å²) in [7, 11) is 1.92. The molecule has 0 radical (unpaired) electrons. The normalized spacial score (nSPS) is 10.5. The van der Waals surface area contributed by atoms with Gasteiger partial charge in [-0.1, -0.05) is 0 Å². The SMILES string of the molecule is Cn1cnnc1CSc1ccc(O)cc1. The highest BCUT2D eigenvalue weighted by Gasteiger charge is 2.01. The Balaban J connectivity index is 1.99. The van der Waals surface area contributed by atoms with Crippen LogP contribution in [0.1, 0.15) is 5.82 Å². The maximum absolute atomic E-state index is 9.12. The van der Waals surface area contributed by atoms with E-state index in [2.05, 4.69) is 10.2 Å². The van der Waals surface area contributed by atoms with Crippen molar-refractivity contribution in [1.82, 2.24) is 14.8 Å². The van der Waals surface area contributed by atoms with Gasteiger partial charge in [-0.05, 0) is 24.3 Å². The molecule has 1 aromatic heterocycles. The van der Waals surface area contributed by atoms with E-state index in [9.17, 15) is 0 Å². The maximum atomic E-state index is 9.12. The van der Waals surface area contributed by atoms with Gasteiger partial charge in [0.25, 0.3) is 0 Å². The molecule has 1 N–H and O–H groups in total. The second kappa shape index (κ2) is 4.35. The predicted molar refractivity (Wildman–Crippen MR) is 58.7 cm³/mol. The number of hydrogen-bond acceptors (Lipinski definition) is 4. The number of phenolic OH excluding ortho intramolecular Hbond substituents is 1. The molecular formula is C10H11N3OS. The second-order valence-electron chi connectivity index (χ2n) is 3.14. The summed E-state index contributed by atoms with van der Waals surface area (Å²) in [6.07, 6.45) is 1.69. The summed E-state index contributed by atoms with van der Waals surface area (Å²) in [5, 5.41) is 16.9. The average Bonchev–Trinajstić information content (AvgIpc) is 2.63. The van der Waals surface area contributed by atoms with Gasteiger partial charge in [-0.25, -0.2) is 0 Å². The van der Waals surface area contributed by atoms with Crippen molar-refractivity contribution in [2.75, 3.05) is 0 Å². The molecule has 0 aliphatic carbocycles. The number of aryl methyl sites for hydroxylation is 1. The van der Waals surface area contributed by atoms with Gasteiger partial charge in [-0.15, -0.1) is 22.0 Å². The van der Waals surface area contributed by atoms with Crippen molar-refractivity contribution in [2.45, 2.75) is 10.6 Å². The Hall–Kier alpha value is -1.49. The van der Waals surface area contributed by atoms with Crippen molar-refractivity contribution < 1.29 is 5.11 Å². The molecule has 0 aliphatic heterocycles. The van der Waals surface area contributed by atoms with Gasteiger partial charge in [0.1, 0.15) is 17.9 Å². The van der Waals surface area contributed by atoms with Gasteiger partial charge < -0.3 is 9.67 Å². The molecule has 0 unspecified atom stereocenters. The van der Waals surface area contributed by atoms with Crippen molar-refractivity contribution >= 4 is 11.8 Å². The highest BCUT2D eigenvalue weighted by Crippen LogP contribution is 2.23. The van der Waals surface area contributed by atoms with Crippen LogP contribution in [0.25, 0.3) is 0 Å². The van der Waals surface area contributed by atoms with E-state index in [0.29, 0.717) is 0 Å². The molecule has 0 atom stereocenters. The molecule has 0 saturated carbocycles. The van der Waals surface area contributed by atoms with Gasteiger partial charge in [0.15, 0.2) is 0 Å². The van der Waals surface area contributed by atoms with E-state index in [0.717, 1.165) is 16.5 Å². The molecule has 2 rings (SSSR count). The summed E-state index contributed by atoms with van der Waals surface area (Å²) >= 11 is 1.67. The third-order valence-electron chi connectivity index (χ3n) is 2.01. The summed E-state index contributed by atoms with van der Waals surface area (Å²) in [5.41, 5.74) is 0. The first kappa shape index (κ1) is 10.0. The molecule has 0 spiro atoms. The number of rotatable bonds is 3. The third kappa shape index (κ3) is 2.50. The molecule has 1 aromatic carbocycles. The van der Waals surface area contributed by atoms with Gasteiger partial charge in [-0.2, -0.15) is 0 Å². The largest absolute Gasteiger partial charge is 0.508 e. The Kier molecular flexibility index (Phi) is 2.91. The fourth-order valence-electron chi connectivity index (χ4n) is 1.13. The summed E-state index contributed by atoms with van der Waals surface area (Å²) < 4.78 is 1.90. The van der Waals surface area contributed by atoms with Crippen LogP contribution in [-0.4, -0.2) is 19.9 Å². The van der Waals surface area contributed by atoms with Crippen LogP contribution in [0.5, 0.6) is 5.75 Å². The Bertz CT molecular complexity index is 438. The molecule has 0 saturated heterocycles. The minimum Gasteiger partial charge on any atom is -0.508 e. The predicted octanol–water partition coefficient (Wildman–Crippen LogP) is 1.81. The highest BCUT2D eigenvalue weighted by molar-refractivity contribution is 7.98. The van der Waals surface area contributed by atoms with E-state index in [4.69, 9.17) is 5.11 Å². The fourth-order valence-corrected chi connectivity index (χ4v) is 2.01. The Morgan fingerprint density at radius 3 is 2.67 bits per heavy atom. The quantitative estimate of drug-likeness (QED) is 0.803. The van der Waals surface area contributed by atoms with Gasteiger partial charge in [0, 0.05) is 11.9 Å². The van der Waals surface area contributed by atoms with Crippen LogP contribution in [0.15, 0.2) is 35.5 Å². The van der Waals surface area contributed by atoms with Crippen LogP contribution >= 0.6 is 11.8 Å². The van der Waals surface area contributed by atoms with Crippen molar-refractivity contribution in [3.8, 4) is 5.75 Å². The first-order valence-corrected chi connectivity index (χ1v) is 5.49. The Morgan fingerprint density at radius 1 is 1.33 bits per heavy atom. The average molecular weight is 221 g/mol. The lowest BCUT2D eigenvalue weighted by Crippen LogP contribution is -1.94. The third-order valence-corrected chi connectivity index (χ3v) is 3.02. The highest BCUT2D eigenvalue weighted by atomic mass is 32.2.